The molecule has 0 saturated carbocycles. The summed E-state index contributed by atoms with van der Waals surface area (Å²) in [6.45, 7) is 0. The van der Waals surface area contributed by atoms with E-state index in [1.54, 1.807) is 0 Å². The van der Waals surface area contributed by atoms with Gasteiger partial charge in [0.05, 0.1) is 0 Å². The number of benzene rings is 6. The molecule has 0 saturated heterocycles. The van der Waals surface area contributed by atoms with E-state index in [4.69, 9.17) is 19.9 Å². The monoisotopic (exact) mass is 536 g/mol. The summed E-state index contributed by atoms with van der Waals surface area (Å²) in [4.78, 5) is 27.6. The summed E-state index contributed by atoms with van der Waals surface area (Å²) < 4.78 is 0. The van der Waals surface area contributed by atoms with Gasteiger partial charge in [0.2, 0.25) is 0 Å². The van der Waals surface area contributed by atoms with Crippen molar-refractivity contribution < 1.29 is 0 Å². The van der Waals surface area contributed by atoms with Gasteiger partial charge in [0, 0.05) is 32.7 Å². The number of aromatic nitrogens is 6. The summed E-state index contributed by atoms with van der Waals surface area (Å²) in [5.41, 5.74) is 4.90. The zero-order valence-electron chi connectivity index (χ0n) is 22.2. The minimum atomic E-state index is 0.638. The lowest BCUT2D eigenvalue weighted by molar-refractivity contribution is 1.20. The molecular formula is C36H20N6. The molecule has 0 fully saturated rings. The SMILES string of the molecule is c1ccc2cc3c(cc2c1)-c1nc-3nc2[nH]c(nc3[nH]c(n1)c1cc4ccccc4cc31)c1cc3ccccc3cc21. The largest absolute Gasteiger partial charge is 0.324 e. The van der Waals surface area contributed by atoms with Gasteiger partial charge in [0.15, 0.2) is 11.6 Å². The highest BCUT2D eigenvalue weighted by molar-refractivity contribution is 6.14. The van der Waals surface area contributed by atoms with Crippen LogP contribution >= 0.6 is 0 Å². The van der Waals surface area contributed by atoms with Gasteiger partial charge in [-0.25, -0.2) is 19.9 Å². The minimum Gasteiger partial charge on any atom is -0.324 e. The molecule has 1 aliphatic heterocycles. The first kappa shape index (κ1) is 21.9. The normalized spacial score (nSPS) is 12.3. The molecule has 0 unspecified atom stereocenters. The summed E-state index contributed by atoms with van der Waals surface area (Å²) in [6, 6.07) is 38.3. The molecule has 0 atom stereocenters. The van der Waals surface area contributed by atoms with Gasteiger partial charge >= 0.3 is 0 Å². The molecule has 6 bridgehead atoms. The Hall–Kier alpha value is -5.88. The molecule has 6 aromatic carbocycles. The summed E-state index contributed by atoms with van der Waals surface area (Å²) >= 11 is 0. The Morgan fingerprint density at radius 1 is 0.333 bits per heavy atom. The van der Waals surface area contributed by atoms with Crippen LogP contribution in [0.15, 0.2) is 109 Å². The fraction of sp³-hybridized carbons (Fsp3) is 0. The molecule has 6 heteroatoms. The van der Waals surface area contributed by atoms with Crippen molar-refractivity contribution in [3.8, 4) is 22.8 Å². The minimum absolute atomic E-state index is 0.638. The first-order valence-electron chi connectivity index (χ1n) is 14.0. The van der Waals surface area contributed by atoms with E-state index in [2.05, 4.69) is 119 Å². The number of hydrogen-bond donors (Lipinski definition) is 2. The number of H-pyrrole nitrogens is 2. The van der Waals surface area contributed by atoms with Crippen LogP contribution in [-0.4, -0.2) is 29.9 Å². The van der Waals surface area contributed by atoms with E-state index in [0.29, 0.717) is 11.6 Å². The van der Waals surface area contributed by atoms with Gasteiger partial charge in [0.25, 0.3) is 0 Å². The average molecular weight is 537 g/mol. The van der Waals surface area contributed by atoms with Crippen LogP contribution < -0.4 is 0 Å². The summed E-state index contributed by atoms with van der Waals surface area (Å²) in [7, 11) is 0. The van der Waals surface area contributed by atoms with Gasteiger partial charge in [-0.15, -0.1) is 0 Å². The van der Waals surface area contributed by atoms with Crippen LogP contribution in [0.4, 0.5) is 0 Å². The Kier molecular flexibility index (Phi) is 4.10. The van der Waals surface area contributed by atoms with Crippen LogP contribution in [0.5, 0.6) is 0 Å². The highest BCUT2D eigenvalue weighted by atomic mass is 15.0. The van der Waals surface area contributed by atoms with Crippen molar-refractivity contribution in [3.05, 3.63) is 109 Å². The topological polar surface area (TPSA) is 83.1 Å². The van der Waals surface area contributed by atoms with Gasteiger partial charge in [0.1, 0.15) is 22.6 Å². The lowest BCUT2D eigenvalue weighted by Crippen LogP contribution is -1.83. The van der Waals surface area contributed by atoms with Gasteiger partial charge in [-0.2, -0.15) is 0 Å². The molecule has 2 N–H and O–H groups in total. The van der Waals surface area contributed by atoms with Crippen LogP contribution in [0.1, 0.15) is 0 Å². The van der Waals surface area contributed by atoms with Crippen molar-refractivity contribution in [2.75, 3.05) is 0 Å². The maximum Gasteiger partial charge on any atom is 0.164 e. The van der Waals surface area contributed by atoms with Gasteiger partial charge < -0.3 is 9.97 Å². The third-order valence-electron chi connectivity index (χ3n) is 8.50. The molecule has 0 radical (unpaired) electrons. The van der Waals surface area contributed by atoms with E-state index in [1.165, 1.54) is 0 Å². The van der Waals surface area contributed by atoms with E-state index in [9.17, 15) is 0 Å². The number of aromatic amines is 2. The van der Waals surface area contributed by atoms with Crippen LogP contribution in [0, 0.1) is 0 Å². The Morgan fingerprint density at radius 2 is 0.643 bits per heavy atom. The molecule has 0 amide bonds. The van der Waals surface area contributed by atoms with Gasteiger partial charge in [-0.3, -0.25) is 0 Å². The zero-order valence-corrected chi connectivity index (χ0v) is 22.2. The maximum absolute atomic E-state index is 5.19. The Labute approximate surface area is 238 Å². The smallest absolute Gasteiger partial charge is 0.164 e. The lowest BCUT2D eigenvalue weighted by atomic mass is 10.0. The van der Waals surface area contributed by atoms with Crippen LogP contribution in [0.3, 0.4) is 0 Å². The standard InChI is InChI=1S/C36H20N6/c1-2-8-20-14-26-25(13-19(20)7-1)31-37-32(26)41-34-29-17-23-11-5-6-12-24(23)18-30(29)36(39-34)42-35-28-16-22-10-4-3-9-21(22)15-27(28)33(38-35)40-31/h1-18H,(H2,37,38,39,40,41,42). The number of hydrogen-bond acceptors (Lipinski definition) is 4. The summed E-state index contributed by atoms with van der Waals surface area (Å²) in [5, 5.41) is 10.9. The highest BCUT2D eigenvalue weighted by Gasteiger charge is 2.21. The second kappa shape index (κ2) is 7.86. The molecule has 4 heterocycles. The van der Waals surface area contributed by atoms with Gasteiger partial charge in [-0.1, -0.05) is 72.8 Å². The maximum atomic E-state index is 5.19. The second-order valence-corrected chi connectivity index (χ2v) is 11.0. The molecule has 3 aromatic heterocycles. The second-order valence-electron chi connectivity index (χ2n) is 11.0. The van der Waals surface area contributed by atoms with E-state index < -0.39 is 0 Å². The molecule has 194 valence electrons. The van der Waals surface area contributed by atoms with Crippen molar-refractivity contribution >= 4 is 76.5 Å². The van der Waals surface area contributed by atoms with Crippen molar-refractivity contribution in [1.82, 2.24) is 29.9 Å². The lowest BCUT2D eigenvalue weighted by Gasteiger charge is -2.03. The van der Waals surface area contributed by atoms with Crippen LogP contribution in [0.2, 0.25) is 0 Å². The number of nitrogens with zero attached hydrogens (tertiary/aromatic N) is 4. The van der Waals surface area contributed by atoms with E-state index in [1.807, 2.05) is 0 Å². The molecule has 10 rings (SSSR count). The highest BCUT2D eigenvalue weighted by Crippen LogP contribution is 2.38. The predicted molar refractivity (Wildman–Crippen MR) is 171 cm³/mol. The molecule has 42 heavy (non-hydrogen) atoms. The Bertz CT molecular complexity index is 2520. The Balaban J connectivity index is 1.45. The van der Waals surface area contributed by atoms with Crippen molar-refractivity contribution in [3.63, 3.8) is 0 Å². The Morgan fingerprint density at radius 3 is 1.00 bits per heavy atom. The van der Waals surface area contributed by atoms with E-state index >= 15 is 0 Å². The van der Waals surface area contributed by atoms with Crippen molar-refractivity contribution in [1.29, 1.82) is 0 Å². The number of nitrogens with one attached hydrogen (secondary N) is 2. The number of rotatable bonds is 0. The third kappa shape index (κ3) is 3.03. The molecule has 0 aliphatic carbocycles. The van der Waals surface area contributed by atoms with Gasteiger partial charge in [-0.05, 0) is 68.7 Å². The molecule has 1 aliphatic rings. The third-order valence-corrected chi connectivity index (χ3v) is 8.50. The van der Waals surface area contributed by atoms with Crippen LogP contribution in [0.25, 0.3) is 99.2 Å². The fourth-order valence-corrected chi connectivity index (χ4v) is 6.44. The van der Waals surface area contributed by atoms with E-state index in [0.717, 1.165) is 87.6 Å². The fourth-order valence-electron chi connectivity index (χ4n) is 6.44. The summed E-state index contributed by atoms with van der Waals surface area (Å²) in [6.07, 6.45) is 0. The average Bonchev–Trinajstić information content (AvgIpc) is 3.65. The molecule has 9 aromatic rings. The molecule has 0 spiro atoms. The van der Waals surface area contributed by atoms with E-state index in [-0.39, 0.29) is 0 Å². The first-order chi connectivity index (χ1) is 20.7. The van der Waals surface area contributed by atoms with Crippen molar-refractivity contribution in [2.24, 2.45) is 0 Å². The quantitative estimate of drug-likeness (QED) is 0.203. The van der Waals surface area contributed by atoms with Crippen LogP contribution in [-0.2, 0) is 0 Å². The first-order valence-corrected chi connectivity index (χ1v) is 14.0. The molecular weight excluding hydrogens is 516 g/mol. The summed E-state index contributed by atoms with van der Waals surface area (Å²) in [5.74, 6) is 1.28. The zero-order chi connectivity index (χ0) is 27.4. The van der Waals surface area contributed by atoms with Crippen molar-refractivity contribution in [2.45, 2.75) is 0 Å². The predicted octanol–water partition coefficient (Wildman–Crippen LogP) is 8.77. The number of fused-ring (bicyclic) bond motifs is 18. The molecule has 6 nitrogen and oxygen atoms in total.